The van der Waals surface area contributed by atoms with Gasteiger partial charge in [0, 0.05) is 10.6 Å². The number of nitrogens with two attached hydrogens (primary N) is 1. The quantitative estimate of drug-likeness (QED) is 0.0566. The fraction of sp³-hybridized carbons (Fsp3) is 0.220. The molecule has 0 fully saturated rings. The van der Waals surface area contributed by atoms with Crippen LogP contribution in [0.2, 0.25) is 0 Å². The Morgan fingerprint density at radius 3 is 1.77 bits per heavy atom. The van der Waals surface area contributed by atoms with Gasteiger partial charge in [0.25, 0.3) is 0 Å². The lowest BCUT2D eigenvalue weighted by Gasteiger charge is -2.19. The Morgan fingerprint density at radius 2 is 1.27 bits per heavy atom. The van der Waals surface area contributed by atoms with Gasteiger partial charge >= 0.3 is 20.6 Å². The normalized spacial score (nSPS) is 11.9. The minimum Gasteiger partial charge on any atom is -0.371 e. The van der Waals surface area contributed by atoms with Crippen LogP contribution < -0.4 is 14.0 Å². The van der Waals surface area contributed by atoms with Crippen molar-refractivity contribution < 1.29 is 25.6 Å². The molecule has 0 saturated heterocycles. The van der Waals surface area contributed by atoms with Gasteiger partial charge in [-0.05, 0) is 109 Å². The second kappa shape index (κ2) is 19.1. The van der Waals surface area contributed by atoms with Crippen molar-refractivity contribution in [3.8, 4) is 17.9 Å². The van der Waals surface area contributed by atoms with Gasteiger partial charge in [0.1, 0.15) is 31.1 Å². The second-order valence-corrected chi connectivity index (χ2v) is 17.9. The lowest BCUT2D eigenvalue weighted by molar-refractivity contribution is 0.486. The molecule has 0 bridgehead atoms. The van der Waals surface area contributed by atoms with Crippen LogP contribution in [0.4, 0.5) is 5.69 Å². The topological polar surface area (TPSA) is 245 Å². The third kappa shape index (κ3) is 13.9. The van der Waals surface area contributed by atoms with Gasteiger partial charge in [-0.1, -0.05) is 54.6 Å². The summed E-state index contributed by atoms with van der Waals surface area (Å²) in [4.78, 5) is 8.88. The number of benzene rings is 4. The number of nitriles is 2. The highest BCUT2D eigenvalue weighted by Crippen LogP contribution is 2.30. The molecule has 60 heavy (non-hydrogen) atoms. The molecule has 6 rings (SSSR count). The molecule has 0 unspecified atom stereocenters. The van der Waals surface area contributed by atoms with Gasteiger partial charge in [-0.3, -0.25) is 9.27 Å². The lowest BCUT2D eigenvalue weighted by Crippen LogP contribution is -2.18. The maximum atomic E-state index is 11.0. The Bertz CT molecular complexity index is 2730. The van der Waals surface area contributed by atoms with E-state index >= 15 is 0 Å². The highest BCUT2D eigenvalue weighted by atomic mass is 32.2. The van der Waals surface area contributed by atoms with Crippen molar-refractivity contribution in [2.75, 3.05) is 4.72 Å². The number of rotatable bonds is 15. The molecule has 4 aromatic carbocycles. The molecule has 4 N–H and O–H groups in total. The van der Waals surface area contributed by atoms with E-state index in [0.29, 0.717) is 18.8 Å². The zero-order chi connectivity index (χ0) is 43.6. The van der Waals surface area contributed by atoms with Crippen LogP contribution in [0.3, 0.4) is 0 Å². The van der Waals surface area contributed by atoms with E-state index in [4.69, 9.17) is 9.69 Å². The minimum absolute atomic E-state index is 0.141. The van der Waals surface area contributed by atoms with Crippen LogP contribution in [-0.2, 0) is 50.3 Å². The number of thioether (sulfide) groups is 1. The fourth-order valence-electron chi connectivity index (χ4n) is 5.59. The van der Waals surface area contributed by atoms with E-state index in [1.807, 2.05) is 74.9 Å². The Balaban J connectivity index is 0.000000228. The van der Waals surface area contributed by atoms with Gasteiger partial charge in [0.2, 0.25) is 0 Å². The van der Waals surface area contributed by atoms with Crippen LogP contribution in [0, 0.1) is 22.7 Å². The van der Waals surface area contributed by atoms with Crippen molar-refractivity contribution in [2.45, 2.75) is 62.3 Å². The standard InChI is InChI=1S/C21H21N5O3S.C20H21N5O3S2/c1-21(2,13-22)19-10-17(9-18(11-19)12-26-15-24-14-25-26)4-3-16-5-7-20(8-6-16)29-30(23,27)28;1-20(2,12-21)17-8-15(10-25-14-22-13-23-25)7-16(9-17)11-29-19-5-3-18(4-6-19)24-30(26,27)28/h3-11,14-15H,12H2,1-2H3,(H2,23,27,28);3-9,13-14,24H,10-11H2,1-2H3,(H,26,27,28)/b4-3+;. The van der Waals surface area contributed by atoms with E-state index in [2.05, 4.69) is 42.6 Å². The summed E-state index contributed by atoms with van der Waals surface area (Å²) in [6.07, 6.45) is 10.1. The molecule has 16 nitrogen and oxygen atoms in total. The molecule has 6 aromatic rings. The van der Waals surface area contributed by atoms with E-state index in [9.17, 15) is 27.4 Å². The first kappa shape index (κ1) is 44.7. The zero-order valence-corrected chi connectivity index (χ0v) is 35.5. The second-order valence-electron chi connectivity index (χ2n) is 14.5. The summed E-state index contributed by atoms with van der Waals surface area (Å²) >= 11 is 1.59. The third-order valence-corrected chi connectivity index (χ3v) is 10.8. The lowest BCUT2D eigenvalue weighted by atomic mass is 9.84. The van der Waals surface area contributed by atoms with Gasteiger partial charge in [-0.25, -0.2) is 19.3 Å². The van der Waals surface area contributed by atoms with E-state index < -0.39 is 31.4 Å². The third-order valence-electron chi connectivity index (χ3n) is 8.76. The van der Waals surface area contributed by atoms with Gasteiger partial charge in [0.15, 0.2) is 0 Å². The number of hydrogen-bond donors (Lipinski definition) is 3. The number of nitrogens with one attached hydrogen (secondary N) is 1. The molecule has 310 valence electrons. The number of nitrogens with zero attached hydrogens (tertiary/aromatic N) is 8. The van der Waals surface area contributed by atoms with Gasteiger partial charge in [-0.2, -0.15) is 42.7 Å². The Labute approximate surface area is 353 Å². The molecule has 0 amide bonds. The zero-order valence-electron chi connectivity index (χ0n) is 33.0. The van der Waals surface area contributed by atoms with Crippen molar-refractivity contribution in [3.63, 3.8) is 0 Å². The molecule has 0 aliphatic heterocycles. The maximum Gasteiger partial charge on any atom is 0.380 e. The first-order chi connectivity index (χ1) is 28.3. The Kier molecular flexibility index (Phi) is 14.3. The van der Waals surface area contributed by atoms with Crippen LogP contribution in [-0.4, -0.2) is 50.9 Å². The van der Waals surface area contributed by atoms with E-state index in [1.54, 1.807) is 70.2 Å². The molecular formula is C41H42N10O6S3. The predicted octanol–water partition coefficient (Wildman–Crippen LogP) is 6.51. The molecular weight excluding hydrogens is 825 g/mol. The Morgan fingerprint density at radius 1 is 0.750 bits per heavy atom. The molecule has 2 aromatic heterocycles. The number of aromatic nitrogens is 6. The molecule has 0 radical (unpaired) electrons. The molecule has 2 heterocycles. The Hall–Kier alpha value is -6.35. The van der Waals surface area contributed by atoms with Crippen LogP contribution in [0.15, 0.2) is 115 Å². The monoisotopic (exact) mass is 866 g/mol. The van der Waals surface area contributed by atoms with Gasteiger partial charge in [0.05, 0.1) is 41.7 Å². The SMILES string of the molecule is CC(C)(C#N)c1cc(/C=C/c2ccc(OS(N)(=O)=O)cc2)cc(Cn2cncn2)c1.CC(C)(C#N)c1cc(CSc2ccc(NS(=O)(=O)O)cc2)cc(Cn2cncn2)c1. The summed E-state index contributed by atoms with van der Waals surface area (Å²) in [7, 11) is -8.34. The summed E-state index contributed by atoms with van der Waals surface area (Å²) in [5, 5.41) is 32.2. The summed E-state index contributed by atoms with van der Waals surface area (Å²) in [6.45, 7) is 8.62. The molecule has 0 spiro atoms. The van der Waals surface area contributed by atoms with E-state index in [1.165, 1.54) is 24.8 Å². The summed E-state index contributed by atoms with van der Waals surface area (Å²) in [5.74, 6) is 0.813. The minimum atomic E-state index is -4.29. The largest absolute Gasteiger partial charge is 0.380 e. The van der Waals surface area contributed by atoms with E-state index in [0.717, 1.165) is 43.8 Å². The smallest absolute Gasteiger partial charge is 0.371 e. The van der Waals surface area contributed by atoms with Crippen molar-refractivity contribution >= 4 is 50.2 Å². The molecule has 0 aliphatic carbocycles. The average molecular weight is 867 g/mol. The highest BCUT2D eigenvalue weighted by molar-refractivity contribution is 7.98. The number of hydrogen-bond acceptors (Lipinski definition) is 12. The van der Waals surface area contributed by atoms with Crippen molar-refractivity contribution in [1.82, 2.24) is 29.5 Å². The van der Waals surface area contributed by atoms with Crippen LogP contribution in [0.5, 0.6) is 5.75 Å². The van der Waals surface area contributed by atoms with E-state index in [-0.39, 0.29) is 11.4 Å². The van der Waals surface area contributed by atoms with Gasteiger partial charge in [-0.15, -0.1) is 11.8 Å². The van der Waals surface area contributed by atoms with Gasteiger partial charge < -0.3 is 4.18 Å². The number of anilines is 1. The molecule has 0 saturated carbocycles. The molecule has 19 heteroatoms. The first-order valence-corrected chi connectivity index (χ1v) is 21.9. The van der Waals surface area contributed by atoms with Crippen molar-refractivity contribution in [3.05, 3.63) is 149 Å². The van der Waals surface area contributed by atoms with Crippen molar-refractivity contribution in [1.29, 1.82) is 10.5 Å². The van der Waals surface area contributed by atoms with Crippen LogP contribution in [0.1, 0.15) is 66.6 Å². The highest BCUT2D eigenvalue weighted by Gasteiger charge is 2.22. The summed E-state index contributed by atoms with van der Waals surface area (Å²) < 4.78 is 62.7. The van der Waals surface area contributed by atoms with Crippen molar-refractivity contribution in [2.24, 2.45) is 5.14 Å². The summed E-state index contributed by atoms with van der Waals surface area (Å²) in [5.41, 5.74) is 5.72. The first-order valence-electron chi connectivity index (χ1n) is 18.0. The molecule has 0 aliphatic rings. The fourth-order valence-corrected chi connectivity index (χ4v) is 7.23. The summed E-state index contributed by atoms with van der Waals surface area (Å²) in [6, 6.07) is 30.0. The maximum absolute atomic E-state index is 11.0. The predicted molar refractivity (Wildman–Crippen MR) is 229 cm³/mol. The van der Waals surface area contributed by atoms with Crippen LogP contribution in [0.25, 0.3) is 12.2 Å². The van der Waals surface area contributed by atoms with Crippen LogP contribution >= 0.6 is 11.8 Å². The molecule has 0 atom stereocenters. The average Bonchev–Trinajstić information content (AvgIpc) is 3.91.